The zero-order chi connectivity index (χ0) is 20.8. The van der Waals surface area contributed by atoms with E-state index in [4.69, 9.17) is 4.74 Å². The highest BCUT2D eigenvalue weighted by molar-refractivity contribution is 5.73. The number of nitrogens with zero attached hydrogens (tertiary/aromatic N) is 3. The van der Waals surface area contributed by atoms with E-state index in [1.165, 1.54) is 0 Å². The van der Waals surface area contributed by atoms with E-state index < -0.39 is 0 Å². The summed E-state index contributed by atoms with van der Waals surface area (Å²) in [6.07, 6.45) is 7.87. The topological polar surface area (TPSA) is 55.3 Å². The zero-order valence-electron chi connectivity index (χ0n) is 18.0. The molecule has 2 heterocycles. The van der Waals surface area contributed by atoms with Crippen molar-refractivity contribution in [2.45, 2.75) is 48.0 Å². The van der Waals surface area contributed by atoms with E-state index >= 15 is 0 Å². The Morgan fingerprint density at radius 2 is 1.54 bits per heavy atom. The van der Waals surface area contributed by atoms with Gasteiger partial charge in [-0.25, -0.2) is 0 Å². The summed E-state index contributed by atoms with van der Waals surface area (Å²) in [6.45, 7) is 13.6. The van der Waals surface area contributed by atoms with Crippen molar-refractivity contribution in [2.24, 2.45) is 16.7 Å². The lowest BCUT2D eigenvalue weighted by Gasteiger charge is -2.34. The second kappa shape index (κ2) is 9.18. The van der Waals surface area contributed by atoms with Crippen LogP contribution in [-0.2, 0) is 9.53 Å². The Balaban J connectivity index is 2.08. The maximum absolute atomic E-state index is 12.9. The Morgan fingerprint density at radius 1 is 1.00 bits per heavy atom. The van der Waals surface area contributed by atoms with Gasteiger partial charge in [-0.2, -0.15) is 0 Å². The molecule has 5 heteroatoms. The van der Waals surface area contributed by atoms with E-state index in [1.54, 1.807) is 24.8 Å². The van der Waals surface area contributed by atoms with Crippen molar-refractivity contribution < 1.29 is 9.53 Å². The molecule has 0 fully saturated rings. The molecule has 2 rings (SSSR count). The molecule has 2 aromatic rings. The summed E-state index contributed by atoms with van der Waals surface area (Å²) in [4.78, 5) is 23.3. The number of carbonyl (C=O) groups is 1. The van der Waals surface area contributed by atoms with Crippen LogP contribution in [0.4, 0.5) is 11.4 Å². The summed E-state index contributed by atoms with van der Waals surface area (Å²) in [5, 5.41) is 0. The molecule has 1 unspecified atom stereocenters. The predicted octanol–water partition coefficient (Wildman–Crippen LogP) is 5.26. The number of anilines is 2. The Hall–Kier alpha value is -2.43. The summed E-state index contributed by atoms with van der Waals surface area (Å²) in [6, 6.07) is 7.76. The number of rotatable bonds is 7. The molecule has 2 aromatic heterocycles. The van der Waals surface area contributed by atoms with Crippen molar-refractivity contribution in [3.8, 4) is 0 Å². The molecule has 152 valence electrons. The average molecular weight is 384 g/mol. The van der Waals surface area contributed by atoms with Gasteiger partial charge in [0.15, 0.2) is 0 Å². The van der Waals surface area contributed by atoms with Crippen molar-refractivity contribution in [1.82, 2.24) is 9.97 Å². The van der Waals surface area contributed by atoms with E-state index in [0.717, 1.165) is 17.8 Å². The van der Waals surface area contributed by atoms with E-state index in [0.29, 0.717) is 13.2 Å². The van der Waals surface area contributed by atoms with Crippen LogP contribution < -0.4 is 4.90 Å². The normalized spacial score (nSPS) is 13.1. The highest BCUT2D eigenvalue weighted by Gasteiger charge is 2.35. The molecule has 28 heavy (non-hydrogen) atoms. The molecule has 0 aliphatic rings. The molecule has 5 nitrogen and oxygen atoms in total. The average Bonchev–Trinajstić information content (AvgIpc) is 2.63. The molecule has 0 amide bonds. The molecule has 0 saturated heterocycles. The van der Waals surface area contributed by atoms with E-state index in [9.17, 15) is 4.79 Å². The SMILES string of the molecule is CC(C)(C)CC(C(=O)OCCN(c1cccnc1)c1cccnc1)C(C)(C)C. The molecule has 0 aliphatic heterocycles. The number of ether oxygens (including phenoxy) is 1. The van der Waals surface area contributed by atoms with Gasteiger partial charge >= 0.3 is 5.97 Å². The summed E-state index contributed by atoms with van der Waals surface area (Å²) < 4.78 is 5.73. The van der Waals surface area contributed by atoms with Gasteiger partial charge < -0.3 is 9.64 Å². The number of hydrogen-bond donors (Lipinski definition) is 0. The van der Waals surface area contributed by atoms with Gasteiger partial charge in [0.05, 0.1) is 36.2 Å². The first-order valence-corrected chi connectivity index (χ1v) is 9.82. The van der Waals surface area contributed by atoms with E-state index in [2.05, 4.69) is 56.4 Å². The fourth-order valence-electron chi connectivity index (χ4n) is 3.13. The number of carbonyl (C=O) groups excluding carboxylic acids is 1. The Bertz CT molecular complexity index is 694. The molecular weight excluding hydrogens is 350 g/mol. The monoisotopic (exact) mass is 383 g/mol. The lowest BCUT2D eigenvalue weighted by atomic mass is 9.72. The largest absolute Gasteiger partial charge is 0.464 e. The third-order valence-electron chi connectivity index (χ3n) is 4.62. The summed E-state index contributed by atoms with van der Waals surface area (Å²) in [5.74, 6) is -0.266. The molecule has 0 spiro atoms. The fraction of sp³-hybridized carbons (Fsp3) is 0.522. The molecule has 0 radical (unpaired) electrons. The molecule has 1 atom stereocenters. The fourth-order valence-corrected chi connectivity index (χ4v) is 3.13. The van der Waals surface area contributed by atoms with Crippen LogP contribution in [0.5, 0.6) is 0 Å². The van der Waals surface area contributed by atoms with Crippen molar-refractivity contribution in [1.29, 1.82) is 0 Å². The number of hydrogen-bond acceptors (Lipinski definition) is 5. The van der Waals surface area contributed by atoms with Crippen molar-refractivity contribution in [3.63, 3.8) is 0 Å². The molecule has 0 N–H and O–H groups in total. The summed E-state index contributed by atoms with van der Waals surface area (Å²) in [5.41, 5.74) is 1.80. The van der Waals surface area contributed by atoms with Crippen molar-refractivity contribution in [2.75, 3.05) is 18.1 Å². The van der Waals surface area contributed by atoms with Gasteiger partial charge in [0.25, 0.3) is 0 Å². The predicted molar refractivity (Wildman–Crippen MR) is 113 cm³/mol. The van der Waals surface area contributed by atoms with Gasteiger partial charge in [-0.05, 0) is 41.5 Å². The first kappa shape index (κ1) is 21.9. The second-order valence-corrected chi connectivity index (χ2v) is 9.42. The van der Waals surface area contributed by atoms with E-state index in [1.807, 2.05) is 24.3 Å². The molecular formula is C23H33N3O2. The Morgan fingerprint density at radius 3 is 1.93 bits per heavy atom. The second-order valence-electron chi connectivity index (χ2n) is 9.42. The first-order chi connectivity index (χ1) is 13.1. The van der Waals surface area contributed by atoms with Crippen LogP contribution in [0.2, 0.25) is 0 Å². The lowest BCUT2D eigenvalue weighted by molar-refractivity contribution is -0.153. The van der Waals surface area contributed by atoms with Gasteiger partial charge in [0.1, 0.15) is 6.61 Å². The van der Waals surface area contributed by atoms with Crippen molar-refractivity contribution >= 4 is 17.3 Å². The Labute approximate surface area is 169 Å². The highest BCUT2D eigenvalue weighted by Crippen LogP contribution is 2.36. The molecule has 0 aromatic carbocycles. The van der Waals surface area contributed by atoms with Crippen LogP contribution in [0.25, 0.3) is 0 Å². The minimum Gasteiger partial charge on any atom is -0.464 e. The lowest BCUT2D eigenvalue weighted by Crippen LogP contribution is -2.35. The van der Waals surface area contributed by atoms with Crippen LogP contribution in [0.3, 0.4) is 0 Å². The zero-order valence-corrected chi connectivity index (χ0v) is 18.0. The van der Waals surface area contributed by atoms with Gasteiger partial charge in [-0.3, -0.25) is 14.8 Å². The third kappa shape index (κ3) is 6.63. The number of aromatic nitrogens is 2. The molecule has 0 bridgehead atoms. The van der Waals surface area contributed by atoms with Crippen LogP contribution in [-0.4, -0.2) is 29.1 Å². The van der Waals surface area contributed by atoms with Gasteiger partial charge in [0, 0.05) is 12.4 Å². The summed E-state index contributed by atoms with van der Waals surface area (Å²) >= 11 is 0. The maximum atomic E-state index is 12.9. The highest BCUT2D eigenvalue weighted by atomic mass is 16.5. The minimum atomic E-state index is -0.142. The first-order valence-electron chi connectivity index (χ1n) is 9.82. The van der Waals surface area contributed by atoms with Crippen LogP contribution >= 0.6 is 0 Å². The Kier molecular flexibility index (Phi) is 7.17. The molecule has 0 saturated carbocycles. The molecule has 0 aliphatic carbocycles. The summed E-state index contributed by atoms with van der Waals surface area (Å²) in [7, 11) is 0. The van der Waals surface area contributed by atoms with E-state index in [-0.39, 0.29) is 22.7 Å². The smallest absolute Gasteiger partial charge is 0.309 e. The standard InChI is InChI=1S/C23H33N3O2/c1-22(2,3)15-20(23(4,5)6)21(27)28-14-13-26(18-9-7-11-24-16-18)19-10-8-12-25-17-19/h7-12,16-17,20H,13-15H2,1-6H3. The minimum absolute atomic E-state index is 0.0639. The van der Waals surface area contributed by atoms with Gasteiger partial charge in [-0.15, -0.1) is 0 Å². The van der Waals surface area contributed by atoms with Gasteiger partial charge in [0.2, 0.25) is 0 Å². The van der Waals surface area contributed by atoms with Crippen LogP contribution in [0, 0.1) is 16.7 Å². The third-order valence-corrected chi connectivity index (χ3v) is 4.62. The van der Waals surface area contributed by atoms with Crippen LogP contribution in [0.1, 0.15) is 48.0 Å². The quantitative estimate of drug-likeness (QED) is 0.611. The van der Waals surface area contributed by atoms with Crippen molar-refractivity contribution in [3.05, 3.63) is 49.1 Å². The maximum Gasteiger partial charge on any atom is 0.309 e. The van der Waals surface area contributed by atoms with Crippen LogP contribution in [0.15, 0.2) is 49.1 Å². The number of pyridine rings is 2. The number of esters is 1. The van der Waals surface area contributed by atoms with Gasteiger partial charge in [-0.1, -0.05) is 41.5 Å².